The molecule has 0 spiro atoms. The quantitative estimate of drug-likeness (QED) is 0.818. The lowest BCUT2D eigenvalue weighted by atomic mass is 10.1. The monoisotopic (exact) mass is 366 g/mol. The number of carbonyl (C=O) groups is 2. The van der Waals surface area contributed by atoms with Gasteiger partial charge in [-0.25, -0.2) is 0 Å². The van der Waals surface area contributed by atoms with Gasteiger partial charge in [-0.1, -0.05) is 30.3 Å². The van der Waals surface area contributed by atoms with Crippen molar-refractivity contribution in [2.75, 3.05) is 17.7 Å². The number of benzene rings is 2. The van der Waals surface area contributed by atoms with Gasteiger partial charge < -0.3 is 15.4 Å². The highest BCUT2D eigenvalue weighted by Gasteiger charge is 2.39. The highest BCUT2D eigenvalue weighted by molar-refractivity contribution is 6.01. The van der Waals surface area contributed by atoms with Gasteiger partial charge in [0.2, 0.25) is 5.91 Å². The first-order valence-electron chi connectivity index (χ1n) is 7.70. The van der Waals surface area contributed by atoms with Crippen LogP contribution in [0.2, 0.25) is 0 Å². The predicted molar refractivity (Wildman–Crippen MR) is 91.1 cm³/mol. The maximum Gasteiger partial charge on any atom is 0.471 e. The molecule has 2 rings (SSSR count). The number of hydrogen-bond acceptors (Lipinski definition) is 3. The minimum Gasteiger partial charge on any atom is -0.496 e. The second-order valence-electron chi connectivity index (χ2n) is 5.36. The summed E-state index contributed by atoms with van der Waals surface area (Å²) in [5, 5.41) is 4.26. The lowest BCUT2D eigenvalue weighted by Gasteiger charge is -2.13. The molecule has 0 radical (unpaired) electrons. The van der Waals surface area contributed by atoms with E-state index in [9.17, 15) is 22.8 Å². The molecule has 2 amide bonds. The Morgan fingerprint density at radius 1 is 0.962 bits per heavy atom. The fourth-order valence-electron chi connectivity index (χ4n) is 2.26. The Balaban J connectivity index is 2.02. The van der Waals surface area contributed by atoms with Crippen molar-refractivity contribution >= 4 is 23.2 Å². The molecule has 8 heteroatoms. The average Bonchev–Trinajstić information content (AvgIpc) is 2.61. The normalized spacial score (nSPS) is 10.9. The van der Waals surface area contributed by atoms with E-state index in [2.05, 4.69) is 5.32 Å². The first kappa shape index (κ1) is 19.3. The molecule has 0 saturated carbocycles. The average molecular weight is 366 g/mol. The van der Waals surface area contributed by atoms with Crippen LogP contribution in [0.3, 0.4) is 0 Å². The number of rotatable bonds is 6. The van der Waals surface area contributed by atoms with Crippen LogP contribution in [0.15, 0.2) is 48.5 Å². The van der Waals surface area contributed by atoms with Gasteiger partial charge in [0.05, 0.1) is 18.5 Å². The SMILES string of the molecule is COc1ccccc1CCC(=O)Nc1ccccc1NC(=O)C(F)(F)F. The van der Waals surface area contributed by atoms with Crippen molar-refractivity contribution in [3.8, 4) is 5.75 Å². The zero-order valence-electron chi connectivity index (χ0n) is 13.9. The van der Waals surface area contributed by atoms with E-state index in [1.54, 1.807) is 17.4 Å². The second kappa shape index (κ2) is 8.37. The highest BCUT2D eigenvalue weighted by Crippen LogP contribution is 2.25. The van der Waals surface area contributed by atoms with Crippen LogP contribution in [0.1, 0.15) is 12.0 Å². The first-order valence-corrected chi connectivity index (χ1v) is 7.70. The lowest BCUT2D eigenvalue weighted by molar-refractivity contribution is -0.167. The molecule has 26 heavy (non-hydrogen) atoms. The molecule has 0 saturated heterocycles. The molecule has 0 aliphatic heterocycles. The largest absolute Gasteiger partial charge is 0.496 e. The Bertz CT molecular complexity index is 791. The molecular weight excluding hydrogens is 349 g/mol. The summed E-state index contributed by atoms with van der Waals surface area (Å²) in [6.07, 6.45) is -4.52. The van der Waals surface area contributed by atoms with E-state index in [1.807, 2.05) is 18.2 Å². The first-order chi connectivity index (χ1) is 12.3. The number of halogens is 3. The number of methoxy groups -OCH3 is 1. The Kier molecular flexibility index (Phi) is 6.21. The van der Waals surface area contributed by atoms with E-state index in [-0.39, 0.29) is 17.8 Å². The molecule has 0 atom stereocenters. The number of amides is 2. The number of alkyl halides is 3. The number of carbonyl (C=O) groups excluding carboxylic acids is 2. The van der Waals surface area contributed by atoms with Gasteiger partial charge in [-0.15, -0.1) is 0 Å². The van der Waals surface area contributed by atoms with Crippen LogP contribution in [0, 0.1) is 0 Å². The molecule has 0 fully saturated rings. The Morgan fingerprint density at radius 3 is 2.15 bits per heavy atom. The van der Waals surface area contributed by atoms with Crippen molar-refractivity contribution < 1.29 is 27.5 Å². The Morgan fingerprint density at radius 2 is 1.54 bits per heavy atom. The number of para-hydroxylation sites is 3. The van der Waals surface area contributed by atoms with Crippen LogP contribution in [-0.4, -0.2) is 25.1 Å². The van der Waals surface area contributed by atoms with Gasteiger partial charge in [-0.2, -0.15) is 13.2 Å². The van der Waals surface area contributed by atoms with Crippen LogP contribution in [-0.2, 0) is 16.0 Å². The molecule has 2 aromatic carbocycles. The van der Waals surface area contributed by atoms with Gasteiger partial charge in [0.15, 0.2) is 0 Å². The van der Waals surface area contributed by atoms with Gasteiger partial charge in [0.1, 0.15) is 5.75 Å². The third-order valence-electron chi connectivity index (χ3n) is 3.52. The van der Waals surface area contributed by atoms with Crippen molar-refractivity contribution in [2.24, 2.45) is 0 Å². The summed E-state index contributed by atoms with van der Waals surface area (Å²) < 4.78 is 42.4. The minimum atomic E-state index is -5.01. The van der Waals surface area contributed by atoms with Gasteiger partial charge in [0.25, 0.3) is 0 Å². The van der Waals surface area contributed by atoms with Gasteiger partial charge in [-0.3, -0.25) is 9.59 Å². The fourth-order valence-corrected chi connectivity index (χ4v) is 2.26. The van der Waals surface area contributed by atoms with Crippen molar-refractivity contribution in [1.82, 2.24) is 0 Å². The van der Waals surface area contributed by atoms with E-state index in [4.69, 9.17) is 4.74 Å². The number of aryl methyl sites for hydroxylation is 1. The number of hydrogen-bond donors (Lipinski definition) is 2. The van der Waals surface area contributed by atoms with E-state index in [0.717, 1.165) is 5.56 Å². The van der Waals surface area contributed by atoms with Crippen LogP contribution < -0.4 is 15.4 Å². The van der Waals surface area contributed by atoms with Gasteiger partial charge >= 0.3 is 12.1 Å². The summed E-state index contributed by atoms with van der Waals surface area (Å²) in [5.41, 5.74) is 0.805. The van der Waals surface area contributed by atoms with Crippen LogP contribution >= 0.6 is 0 Å². The second-order valence-corrected chi connectivity index (χ2v) is 5.36. The topological polar surface area (TPSA) is 67.4 Å². The van der Waals surface area contributed by atoms with Gasteiger partial charge in [-0.05, 0) is 30.2 Å². The number of nitrogens with one attached hydrogen (secondary N) is 2. The zero-order chi connectivity index (χ0) is 19.2. The fraction of sp³-hybridized carbons (Fsp3) is 0.222. The third kappa shape index (κ3) is 5.23. The van der Waals surface area contributed by atoms with Crippen molar-refractivity contribution in [1.29, 1.82) is 0 Å². The molecule has 5 nitrogen and oxygen atoms in total. The van der Waals surface area contributed by atoms with Crippen molar-refractivity contribution in [2.45, 2.75) is 19.0 Å². The van der Waals surface area contributed by atoms with Crippen molar-refractivity contribution in [3.05, 3.63) is 54.1 Å². The molecule has 2 aromatic rings. The molecule has 0 aromatic heterocycles. The molecule has 0 bridgehead atoms. The maximum atomic E-state index is 12.4. The molecule has 2 N–H and O–H groups in total. The summed E-state index contributed by atoms with van der Waals surface area (Å²) in [6.45, 7) is 0. The number of anilines is 2. The summed E-state index contributed by atoms with van der Waals surface area (Å²) in [4.78, 5) is 23.2. The van der Waals surface area contributed by atoms with Crippen LogP contribution in [0.25, 0.3) is 0 Å². The molecular formula is C18H17F3N2O3. The Hall–Kier alpha value is -3.03. The van der Waals surface area contributed by atoms with E-state index < -0.39 is 18.0 Å². The molecule has 0 aliphatic rings. The van der Waals surface area contributed by atoms with E-state index in [0.29, 0.717) is 12.2 Å². The summed E-state index contributed by atoms with van der Waals surface area (Å²) in [5.74, 6) is -1.85. The third-order valence-corrected chi connectivity index (χ3v) is 3.52. The zero-order valence-corrected chi connectivity index (χ0v) is 13.9. The molecule has 0 unspecified atom stereocenters. The summed E-state index contributed by atoms with van der Waals surface area (Å²) in [7, 11) is 1.53. The number of ether oxygens (including phenoxy) is 1. The summed E-state index contributed by atoms with van der Waals surface area (Å²) >= 11 is 0. The lowest BCUT2D eigenvalue weighted by Crippen LogP contribution is -2.30. The summed E-state index contributed by atoms with van der Waals surface area (Å²) in [6, 6.07) is 12.9. The standard InChI is InChI=1S/C18H17F3N2O3/c1-26-15-9-5-2-6-12(15)10-11-16(24)22-13-7-3-4-8-14(13)23-17(25)18(19,20)21/h2-9H,10-11H2,1H3,(H,22,24)(H,23,25). The highest BCUT2D eigenvalue weighted by atomic mass is 19.4. The molecule has 0 heterocycles. The van der Waals surface area contributed by atoms with E-state index in [1.165, 1.54) is 25.3 Å². The predicted octanol–water partition coefficient (Wildman–Crippen LogP) is 3.77. The van der Waals surface area contributed by atoms with Crippen LogP contribution in [0.5, 0.6) is 5.75 Å². The van der Waals surface area contributed by atoms with Crippen molar-refractivity contribution in [3.63, 3.8) is 0 Å². The molecule has 138 valence electrons. The Labute approximate surface area is 148 Å². The van der Waals surface area contributed by atoms with E-state index >= 15 is 0 Å². The minimum absolute atomic E-state index is 0.0927. The van der Waals surface area contributed by atoms with Gasteiger partial charge in [0, 0.05) is 6.42 Å². The maximum absolute atomic E-state index is 12.4. The van der Waals surface area contributed by atoms with Crippen LogP contribution in [0.4, 0.5) is 24.5 Å². The smallest absolute Gasteiger partial charge is 0.471 e. The molecule has 0 aliphatic carbocycles.